The predicted molar refractivity (Wildman–Crippen MR) is 77.8 cm³/mol. The molecule has 2 rings (SSSR count). The molecule has 0 aliphatic heterocycles. The fraction of sp³-hybridized carbons (Fsp3) is 0.0625. The highest BCUT2D eigenvalue weighted by atomic mass is 16.3. The van der Waals surface area contributed by atoms with Crippen LogP contribution in [0.1, 0.15) is 11.1 Å². The molecule has 0 unspecified atom stereocenters. The lowest BCUT2D eigenvalue weighted by atomic mass is 10.1. The first-order valence-corrected chi connectivity index (χ1v) is 6.27. The maximum absolute atomic E-state index is 11.9. The van der Waals surface area contributed by atoms with Crippen molar-refractivity contribution in [2.45, 2.75) is 6.54 Å². The Hall–Kier alpha value is -3.13. The van der Waals surface area contributed by atoms with E-state index in [9.17, 15) is 9.90 Å². The fourth-order valence-electron chi connectivity index (χ4n) is 1.67. The lowest BCUT2D eigenvalue weighted by Crippen LogP contribution is -2.23. The third-order valence-electron chi connectivity index (χ3n) is 2.75. The van der Waals surface area contributed by atoms with Gasteiger partial charge >= 0.3 is 0 Å². The maximum Gasteiger partial charge on any atom is 0.262 e. The Bertz CT molecular complexity index is 686. The number of amides is 1. The van der Waals surface area contributed by atoms with Crippen LogP contribution in [0.15, 0.2) is 54.4 Å². The molecule has 0 saturated heterocycles. The highest BCUT2D eigenvalue weighted by Gasteiger charge is 2.08. The molecule has 5 heteroatoms. The third-order valence-corrected chi connectivity index (χ3v) is 2.75. The molecule has 2 N–H and O–H groups in total. The van der Waals surface area contributed by atoms with Crippen molar-refractivity contribution in [2.75, 3.05) is 0 Å². The monoisotopic (exact) mass is 279 g/mol. The van der Waals surface area contributed by atoms with Gasteiger partial charge in [0.05, 0.1) is 0 Å². The number of hydrogen-bond acceptors (Lipinski definition) is 4. The summed E-state index contributed by atoms with van der Waals surface area (Å²) in [7, 11) is 0. The summed E-state index contributed by atoms with van der Waals surface area (Å²) in [6.45, 7) is 0.307. The van der Waals surface area contributed by atoms with Gasteiger partial charge in [0, 0.05) is 18.9 Å². The molecular weight excluding hydrogens is 266 g/mol. The van der Waals surface area contributed by atoms with Gasteiger partial charge in [-0.3, -0.25) is 9.78 Å². The van der Waals surface area contributed by atoms with Crippen molar-refractivity contribution in [3.63, 3.8) is 0 Å². The fourth-order valence-corrected chi connectivity index (χ4v) is 1.67. The van der Waals surface area contributed by atoms with Crippen LogP contribution >= 0.6 is 0 Å². The molecule has 0 radical (unpaired) electrons. The second-order valence-electron chi connectivity index (χ2n) is 4.31. The standard InChI is InChI=1S/C16H13N3O2/c17-9-14(8-12-3-5-15(20)6-4-12)16(21)19-11-13-2-1-7-18-10-13/h1-8,10,20H,11H2,(H,19,21)/b14-8+. The summed E-state index contributed by atoms with van der Waals surface area (Å²) in [6, 6.07) is 11.7. The summed E-state index contributed by atoms with van der Waals surface area (Å²) in [5.41, 5.74) is 1.53. The first-order valence-electron chi connectivity index (χ1n) is 6.27. The second kappa shape index (κ2) is 6.87. The second-order valence-corrected chi connectivity index (χ2v) is 4.31. The SMILES string of the molecule is N#C/C(=C\c1ccc(O)cc1)C(=O)NCc1cccnc1. The number of aromatic nitrogens is 1. The Morgan fingerprint density at radius 3 is 2.71 bits per heavy atom. The normalized spacial score (nSPS) is 10.7. The van der Waals surface area contributed by atoms with E-state index in [2.05, 4.69) is 10.3 Å². The molecule has 0 aliphatic carbocycles. The van der Waals surface area contributed by atoms with Gasteiger partial charge in [0.25, 0.3) is 5.91 Å². The van der Waals surface area contributed by atoms with Gasteiger partial charge in [0.1, 0.15) is 17.4 Å². The number of benzene rings is 1. The van der Waals surface area contributed by atoms with Crippen LogP contribution in [0, 0.1) is 11.3 Å². The van der Waals surface area contributed by atoms with Crippen LogP contribution in [-0.2, 0) is 11.3 Å². The van der Waals surface area contributed by atoms with E-state index in [1.807, 2.05) is 12.1 Å². The van der Waals surface area contributed by atoms with Gasteiger partial charge in [-0.25, -0.2) is 0 Å². The first-order chi connectivity index (χ1) is 10.2. The minimum atomic E-state index is -0.450. The van der Waals surface area contributed by atoms with Gasteiger partial charge in [-0.1, -0.05) is 18.2 Å². The number of nitrogens with one attached hydrogen (secondary N) is 1. The maximum atomic E-state index is 11.9. The molecule has 0 saturated carbocycles. The van der Waals surface area contributed by atoms with Crippen LogP contribution < -0.4 is 5.32 Å². The molecule has 0 bridgehead atoms. The van der Waals surface area contributed by atoms with Crippen LogP contribution in [0.25, 0.3) is 6.08 Å². The Morgan fingerprint density at radius 2 is 2.10 bits per heavy atom. The number of phenolic OH excluding ortho intramolecular Hbond substituents is 1. The molecule has 1 aromatic heterocycles. The van der Waals surface area contributed by atoms with Crippen LogP contribution in [-0.4, -0.2) is 16.0 Å². The van der Waals surface area contributed by atoms with Crippen LogP contribution in [0.3, 0.4) is 0 Å². The molecule has 2 aromatic rings. The Labute approximate surface area is 122 Å². The molecule has 0 spiro atoms. The quantitative estimate of drug-likeness (QED) is 0.662. The van der Waals surface area contributed by atoms with Gasteiger partial charge in [-0.05, 0) is 35.4 Å². The summed E-state index contributed by atoms with van der Waals surface area (Å²) >= 11 is 0. The summed E-state index contributed by atoms with van der Waals surface area (Å²) in [6.07, 6.45) is 4.77. The van der Waals surface area contributed by atoms with E-state index < -0.39 is 5.91 Å². The van der Waals surface area contributed by atoms with E-state index in [1.165, 1.54) is 18.2 Å². The molecule has 1 amide bonds. The van der Waals surface area contributed by atoms with Crippen LogP contribution in [0.5, 0.6) is 5.75 Å². The topological polar surface area (TPSA) is 86.0 Å². The Kier molecular flexibility index (Phi) is 4.67. The smallest absolute Gasteiger partial charge is 0.262 e. The zero-order valence-electron chi connectivity index (χ0n) is 11.2. The van der Waals surface area contributed by atoms with E-state index in [-0.39, 0.29) is 11.3 Å². The molecule has 1 heterocycles. The summed E-state index contributed by atoms with van der Waals surface area (Å²) in [5, 5.41) is 20.9. The minimum Gasteiger partial charge on any atom is -0.508 e. The van der Waals surface area contributed by atoms with E-state index in [0.717, 1.165) is 5.56 Å². The third kappa shape index (κ3) is 4.18. The van der Waals surface area contributed by atoms with Crippen molar-refractivity contribution >= 4 is 12.0 Å². The number of pyridine rings is 1. The number of hydrogen-bond donors (Lipinski definition) is 2. The van der Waals surface area contributed by atoms with Gasteiger partial charge in [0.2, 0.25) is 0 Å². The van der Waals surface area contributed by atoms with E-state index in [1.54, 1.807) is 30.6 Å². The lowest BCUT2D eigenvalue weighted by Gasteiger charge is -2.04. The zero-order valence-corrected chi connectivity index (χ0v) is 11.2. The van der Waals surface area contributed by atoms with Crippen LogP contribution in [0.2, 0.25) is 0 Å². The van der Waals surface area contributed by atoms with Crippen molar-refractivity contribution in [2.24, 2.45) is 0 Å². The molecule has 21 heavy (non-hydrogen) atoms. The summed E-state index contributed by atoms with van der Waals surface area (Å²) < 4.78 is 0. The number of rotatable bonds is 4. The van der Waals surface area contributed by atoms with Gasteiger partial charge in [-0.2, -0.15) is 5.26 Å². The average molecular weight is 279 g/mol. The lowest BCUT2D eigenvalue weighted by molar-refractivity contribution is -0.117. The van der Waals surface area contributed by atoms with Crippen molar-refractivity contribution < 1.29 is 9.90 Å². The number of carbonyl (C=O) groups excluding carboxylic acids is 1. The van der Waals surface area contributed by atoms with Crippen molar-refractivity contribution in [1.82, 2.24) is 10.3 Å². The average Bonchev–Trinajstić information content (AvgIpc) is 2.53. The van der Waals surface area contributed by atoms with Gasteiger partial charge < -0.3 is 10.4 Å². The molecule has 5 nitrogen and oxygen atoms in total. The van der Waals surface area contributed by atoms with Crippen molar-refractivity contribution in [3.05, 3.63) is 65.5 Å². The van der Waals surface area contributed by atoms with Gasteiger partial charge in [-0.15, -0.1) is 0 Å². The molecule has 1 aromatic carbocycles. The van der Waals surface area contributed by atoms with Crippen LogP contribution in [0.4, 0.5) is 0 Å². The zero-order chi connectivity index (χ0) is 15.1. The highest BCUT2D eigenvalue weighted by Crippen LogP contribution is 2.12. The number of nitriles is 1. The molecular formula is C16H13N3O2. The summed E-state index contributed by atoms with van der Waals surface area (Å²) in [5.74, 6) is -0.318. The van der Waals surface area contributed by atoms with E-state index >= 15 is 0 Å². The first kappa shape index (κ1) is 14.3. The molecule has 0 aliphatic rings. The van der Waals surface area contributed by atoms with Crippen molar-refractivity contribution in [3.8, 4) is 11.8 Å². The Balaban J connectivity index is 2.05. The van der Waals surface area contributed by atoms with Crippen molar-refractivity contribution in [1.29, 1.82) is 5.26 Å². The number of carbonyl (C=O) groups is 1. The predicted octanol–water partition coefficient (Wildman–Crippen LogP) is 2.01. The number of nitrogens with zero attached hydrogens (tertiary/aromatic N) is 2. The number of aromatic hydroxyl groups is 1. The molecule has 104 valence electrons. The largest absolute Gasteiger partial charge is 0.508 e. The minimum absolute atomic E-state index is 0.00424. The number of phenols is 1. The molecule has 0 atom stereocenters. The van der Waals surface area contributed by atoms with Gasteiger partial charge in [0.15, 0.2) is 0 Å². The van der Waals surface area contributed by atoms with E-state index in [0.29, 0.717) is 12.1 Å². The highest BCUT2D eigenvalue weighted by molar-refractivity contribution is 6.01. The van der Waals surface area contributed by atoms with E-state index in [4.69, 9.17) is 5.26 Å². The summed E-state index contributed by atoms with van der Waals surface area (Å²) in [4.78, 5) is 15.9. The Morgan fingerprint density at radius 1 is 1.33 bits per heavy atom. The molecule has 0 fully saturated rings.